The molecule has 1 saturated heterocycles. The quantitative estimate of drug-likeness (QED) is 0.651. The topological polar surface area (TPSA) is 21.3 Å². The van der Waals surface area contributed by atoms with Gasteiger partial charge in [-0.2, -0.15) is 0 Å². The molecule has 2 unspecified atom stereocenters. The summed E-state index contributed by atoms with van der Waals surface area (Å²) in [6, 6.07) is 0. The van der Waals surface area contributed by atoms with Gasteiger partial charge >= 0.3 is 0 Å². The van der Waals surface area contributed by atoms with E-state index in [1.54, 1.807) is 0 Å². The molecule has 0 bridgehead atoms. The molecule has 1 heterocycles. The van der Waals surface area contributed by atoms with E-state index >= 15 is 0 Å². The van der Waals surface area contributed by atoms with Crippen molar-refractivity contribution in [1.82, 2.24) is 5.32 Å². The maximum atomic E-state index is 5.64. The third kappa shape index (κ3) is 2.46. The van der Waals surface area contributed by atoms with Crippen LogP contribution in [0.2, 0.25) is 0 Å². The van der Waals surface area contributed by atoms with Gasteiger partial charge in [-0.05, 0) is 11.8 Å². The molecular formula is C9H19NO. The lowest BCUT2D eigenvalue weighted by atomic mass is 9.92. The molecule has 1 fully saturated rings. The van der Waals surface area contributed by atoms with Crippen LogP contribution in [0.5, 0.6) is 0 Å². The van der Waals surface area contributed by atoms with Gasteiger partial charge in [0.1, 0.15) is 0 Å². The minimum atomic E-state index is 0.434. The van der Waals surface area contributed by atoms with Crippen molar-refractivity contribution < 1.29 is 4.74 Å². The van der Waals surface area contributed by atoms with Gasteiger partial charge in [-0.25, -0.2) is 0 Å². The van der Waals surface area contributed by atoms with Gasteiger partial charge < -0.3 is 10.1 Å². The molecule has 2 heteroatoms. The number of rotatable bonds is 2. The average Bonchev–Trinajstić information content (AvgIpc) is 2.05. The first kappa shape index (κ1) is 9.01. The summed E-state index contributed by atoms with van der Waals surface area (Å²) < 4.78 is 5.64. The van der Waals surface area contributed by atoms with Gasteiger partial charge in [0.15, 0.2) is 0 Å². The molecule has 0 spiro atoms. The van der Waals surface area contributed by atoms with Gasteiger partial charge in [0.05, 0.1) is 12.7 Å². The summed E-state index contributed by atoms with van der Waals surface area (Å²) in [5.41, 5.74) is 0. The lowest BCUT2D eigenvalue weighted by molar-refractivity contribution is -0.0163. The Bertz CT molecular complexity index is 108. The van der Waals surface area contributed by atoms with E-state index < -0.39 is 0 Å². The predicted molar refractivity (Wildman–Crippen MR) is 46.6 cm³/mol. The molecule has 2 nitrogen and oxygen atoms in total. The molecule has 0 aliphatic carbocycles. The first-order valence-corrected chi connectivity index (χ1v) is 4.54. The van der Waals surface area contributed by atoms with Crippen LogP contribution in [-0.2, 0) is 4.74 Å². The summed E-state index contributed by atoms with van der Waals surface area (Å²) in [6.45, 7) is 9.69. The minimum absolute atomic E-state index is 0.434. The van der Waals surface area contributed by atoms with Crippen LogP contribution in [0.25, 0.3) is 0 Å². The van der Waals surface area contributed by atoms with Crippen molar-refractivity contribution in [3.8, 4) is 0 Å². The lowest BCUT2D eigenvalue weighted by Crippen LogP contribution is -2.43. The highest BCUT2D eigenvalue weighted by atomic mass is 16.5. The summed E-state index contributed by atoms with van der Waals surface area (Å²) in [4.78, 5) is 0. The van der Waals surface area contributed by atoms with E-state index in [-0.39, 0.29) is 0 Å². The maximum absolute atomic E-state index is 5.64. The number of hydrogen-bond donors (Lipinski definition) is 1. The molecule has 0 aromatic carbocycles. The predicted octanol–water partition coefficient (Wildman–Crippen LogP) is 1.27. The molecule has 1 N–H and O–H groups in total. The second-order valence-electron chi connectivity index (χ2n) is 3.72. The maximum Gasteiger partial charge on any atom is 0.0727 e. The zero-order valence-electron chi connectivity index (χ0n) is 7.76. The van der Waals surface area contributed by atoms with E-state index in [0.717, 1.165) is 25.6 Å². The van der Waals surface area contributed by atoms with Crippen molar-refractivity contribution in [3.05, 3.63) is 0 Å². The highest BCUT2D eigenvalue weighted by molar-refractivity contribution is 4.74. The zero-order chi connectivity index (χ0) is 8.27. The van der Waals surface area contributed by atoms with Crippen LogP contribution in [0.4, 0.5) is 0 Å². The van der Waals surface area contributed by atoms with Crippen molar-refractivity contribution in [2.45, 2.75) is 26.9 Å². The van der Waals surface area contributed by atoms with Crippen LogP contribution in [0.1, 0.15) is 20.8 Å². The van der Waals surface area contributed by atoms with Crippen molar-refractivity contribution >= 4 is 0 Å². The highest BCUT2D eigenvalue weighted by Gasteiger charge is 2.22. The highest BCUT2D eigenvalue weighted by Crippen LogP contribution is 2.17. The molecule has 1 aliphatic heterocycles. The van der Waals surface area contributed by atoms with Crippen LogP contribution in [-0.4, -0.2) is 25.8 Å². The van der Waals surface area contributed by atoms with E-state index in [0.29, 0.717) is 12.0 Å². The molecule has 2 atom stereocenters. The Balaban J connectivity index is 2.32. The van der Waals surface area contributed by atoms with Gasteiger partial charge in [-0.3, -0.25) is 0 Å². The van der Waals surface area contributed by atoms with E-state index in [1.165, 1.54) is 0 Å². The fourth-order valence-electron chi connectivity index (χ4n) is 1.35. The molecule has 1 rings (SSSR count). The van der Waals surface area contributed by atoms with Crippen molar-refractivity contribution in [3.63, 3.8) is 0 Å². The third-order valence-electron chi connectivity index (χ3n) is 2.59. The average molecular weight is 157 g/mol. The largest absolute Gasteiger partial charge is 0.375 e. The molecule has 0 aromatic heterocycles. The number of nitrogens with one attached hydrogen (secondary N) is 1. The first-order valence-electron chi connectivity index (χ1n) is 4.54. The van der Waals surface area contributed by atoms with Crippen LogP contribution >= 0.6 is 0 Å². The molecule has 66 valence electrons. The second-order valence-corrected chi connectivity index (χ2v) is 3.72. The Kier molecular flexibility index (Phi) is 3.34. The van der Waals surface area contributed by atoms with E-state index in [2.05, 4.69) is 26.1 Å². The normalized spacial score (nSPS) is 28.9. The lowest BCUT2D eigenvalue weighted by Gasteiger charge is -2.30. The van der Waals surface area contributed by atoms with Crippen LogP contribution < -0.4 is 5.32 Å². The Morgan fingerprint density at radius 1 is 1.36 bits per heavy atom. The van der Waals surface area contributed by atoms with Gasteiger partial charge in [0.2, 0.25) is 0 Å². The van der Waals surface area contributed by atoms with E-state index in [4.69, 9.17) is 4.74 Å². The van der Waals surface area contributed by atoms with E-state index in [9.17, 15) is 0 Å². The summed E-state index contributed by atoms with van der Waals surface area (Å²) in [6.07, 6.45) is 0.434. The summed E-state index contributed by atoms with van der Waals surface area (Å²) in [5.74, 6) is 1.39. The molecule has 0 saturated carbocycles. The van der Waals surface area contributed by atoms with Gasteiger partial charge in [0.25, 0.3) is 0 Å². The van der Waals surface area contributed by atoms with Crippen molar-refractivity contribution in [2.24, 2.45) is 11.8 Å². The Hall–Kier alpha value is -0.0800. The SMILES string of the molecule is CC(C)C(C)C1CNCCO1. The number of morpholine rings is 1. The molecule has 0 radical (unpaired) electrons. The fraction of sp³-hybridized carbons (Fsp3) is 1.00. The molecule has 1 aliphatic rings. The Morgan fingerprint density at radius 3 is 2.55 bits per heavy atom. The molecular weight excluding hydrogens is 138 g/mol. The molecule has 11 heavy (non-hydrogen) atoms. The second kappa shape index (κ2) is 4.07. The first-order chi connectivity index (χ1) is 5.22. The summed E-state index contributed by atoms with van der Waals surface area (Å²) >= 11 is 0. The van der Waals surface area contributed by atoms with Gasteiger partial charge in [-0.1, -0.05) is 20.8 Å². The van der Waals surface area contributed by atoms with E-state index in [1.807, 2.05) is 0 Å². The molecule has 0 amide bonds. The standard InChI is InChI=1S/C9H19NO/c1-7(2)8(3)9-6-10-4-5-11-9/h7-10H,4-6H2,1-3H3. The zero-order valence-corrected chi connectivity index (χ0v) is 7.76. The monoisotopic (exact) mass is 157 g/mol. The summed E-state index contributed by atoms with van der Waals surface area (Å²) in [7, 11) is 0. The van der Waals surface area contributed by atoms with Crippen LogP contribution in [0, 0.1) is 11.8 Å². The summed E-state index contributed by atoms with van der Waals surface area (Å²) in [5, 5.41) is 3.35. The smallest absolute Gasteiger partial charge is 0.0727 e. The number of hydrogen-bond acceptors (Lipinski definition) is 2. The fourth-order valence-corrected chi connectivity index (χ4v) is 1.35. The van der Waals surface area contributed by atoms with Gasteiger partial charge in [0, 0.05) is 13.1 Å². The Labute approximate surface area is 69.3 Å². The van der Waals surface area contributed by atoms with Crippen LogP contribution in [0.3, 0.4) is 0 Å². The molecule has 0 aromatic rings. The van der Waals surface area contributed by atoms with Crippen LogP contribution in [0.15, 0.2) is 0 Å². The van der Waals surface area contributed by atoms with Crippen molar-refractivity contribution in [1.29, 1.82) is 0 Å². The Morgan fingerprint density at radius 2 is 2.09 bits per heavy atom. The third-order valence-corrected chi connectivity index (χ3v) is 2.59. The number of ether oxygens (including phenoxy) is 1. The van der Waals surface area contributed by atoms with Crippen molar-refractivity contribution in [2.75, 3.05) is 19.7 Å². The minimum Gasteiger partial charge on any atom is -0.375 e. The van der Waals surface area contributed by atoms with Gasteiger partial charge in [-0.15, -0.1) is 0 Å².